The summed E-state index contributed by atoms with van der Waals surface area (Å²) < 4.78 is 0. The van der Waals surface area contributed by atoms with E-state index >= 15 is 0 Å². The lowest BCUT2D eigenvalue weighted by Crippen LogP contribution is -2.41. The lowest BCUT2D eigenvalue weighted by atomic mass is 9.93. The van der Waals surface area contributed by atoms with Gasteiger partial charge in [-0.3, -0.25) is 4.79 Å². The Hall–Kier alpha value is -1.42. The van der Waals surface area contributed by atoms with E-state index in [4.69, 9.17) is 0 Å². The number of aryl methyl sites for hydroxylation is 1. The van der Waals surface area contributed by atoms with Crippen molar-refractivity contribution in [3.63, 3.8) is 0 Å². The van der Waals surface area contributed by atoms with Crippen molar-refractivity contribution in [3.8, 4) is 0 Å². The minimum Gasteiger partial charge on any atom is -0.356 e. The zero-order valence-electron chi connectivity index (χ0n) is 15.2. The quantitative estimate of drug-likeness (QED) is 0.836. The molecule has 1 aromatic rings. The topological polar surface area (TPSA) is 45.2 Å². The van der Waals surface area contributed by atoms with Crippen LogP contribution in [0.3, 0.4) is 0 Å². The summed E-state index contributed by atoms with van der Waals surface area (Å²) >= 11 is 0. The molecule has 4 nitrogen and oxygen atoms in total. The molecule has 24 heavy (non-hydrogen) atoms. The maximum atomic E-state index is 11.9. The predicted molar refractivity (Wildman–Crippen MR) is 98.8 cm³/mol. The normalized spacial score (nSPS) is 20.3. The molecule has 0 aromatic carbocycles. The van der Waals surface area contributed by atoms with Crippen LogP contribution in [-0.2, 0) is 0 Å². The molecule has 2 fully saturated rings. The van der Waals surface area contributed by atoms with Crippen LogP contribution in [0.2, 0.25) is 0 Å². The van der Waals surface area contributed by atoms with Crippen LogP contribution in [0.25, 0.3) is 0 Å². The summed E-state index contributed by atoms with van der Waals surface area (Å²) in [5, 5.41) is 3.79. The molecule has 1 N–H and O–H groups in total. The van der Waals surface area contributed by atoms with Gasteiger partial charge >= 0.3 is 0 Å². The summed E-state index contributed by atoms with van der Waals surface area (Å²) in [4.78, 5) is 18.8. The average molecular weight is 329 g/mol. The highest BCUT2D eigenvalue weighted by Crippen LogP contribution is 2.26. The molecule has 1 saturated heterocycles. The van der Waals surface area contributed by atoms with E-state index in [1.807, 2.05) is 19.2 Å². The van der Waals surface area contributed by atoms with E-state index in [-0.39, 0.29) is 5.78 Å². The van der Waals surface area contributed by atoms with Crippen LogP contribution in [0.1, 0.15) is 67.8 Å². The number of pyridine rings is 1. The SMILES string of the molecule is CC(=O)c1cc(C)cnc1N1CCC(CNC2CCCCC2)CC1. The first-order valence-corrected chi connectivity index (χ1v) is 9.59. The van der Waals surface area contributed by atoms with E-state index in [1.165, 1.54) is 44.9 Å². The Morgan fingerprint density at radius 2 is 1.92 bits per heavy atom. The molecule has 2 heterocycles. The molecule has 0 spiro atoms. The third kappa shape index (κ3) is 4.35. The summed E-state index contributed by atoms with van der Waals surface area (Å²) in [6, 6.07) is 2.72. The van der Waals surface area contributed by atoms with Crippen LogP contribution in [-0.4, -0.2) is 36.4 Å². The predicted octanol–water partition coefficient (Wildman–Crippen LogP) is 3.73. The van der Waals surface area contributed by atoms with Crippen LogP contribution in [0.15, 0.2) is 12.3 Å². The van der Waals surface area contributed by atoms with Crippen molar-refractivity contribution in [3.05, 3.63) is 23.4 Å². The first-order chi connectivity index (χ1) is 11.6. The highest BCUT2D eigenvalue weighted by molar-refractivity contribution is 5.99. The first-order valence-electron chi connectivity index (χ1n) is 9.59. The fourth-order valence-corrected chi connectivity index (χ4v) is 4.06. The van der Waals surface area contributed by atoms with Gasteiger partial charge in [0.2, 0.25) is 0 Å². The Morgan fingerprint density at radius 3 is 2.58 bits per heavy atom. The molecule has 1 aliphatic heterocycles. The van der Waals surface area contributed by atoms with Crippen molar-refractivity contribution in [1.29, 1.82) is 0 Å². The van der Waals surface area contributed by atoms with Gasteiger partial charge in [-0.2, -0.15) is 0 Å². The molecular formula is C20H31N3O. The minimum absolute atomic E-state index is 0.113. The second kappa shape index (κ2) is 8.11. The van der Waals surface area contributed by atoms with Gasteiger partial charge in [0.25, 0.3) is 0 Å². The molecule has 1 saturated carbocycles. The molecular weight excluding hydrogens is 298 g/mol. The highest BCUT2D eigenvalue weighted by Gasteiger charge is 2.24. The fourth-order valence-electron chi connectivity index (χ4n) is 4.06. The number of carbonyl (C=O) groups excluding carboxylic acids is 1. The van der Waals surface area contributed by atoms with Gasteiger partial charge in [-0.25, -0.2) is 4.98 Å². The van der Waals surface area contributed by atoms with Crippen molar-refractivity contribution >= 4 is 11.6 Å². The molecule has 2 aliphatic rings. The lowest BCUT2D eigenvalue weighted by molar-refractivity contribution is 0.101. The van der Waals surface area contributed by atoms with Crippen LogP contribution in [0.5, 0.6) is 0 Å². The lowest BCUT2D eigenvalue weighted by Gasteiger charge is -2.35. The van der Waals surface area contributed by atoms with Crippen molar-refractivity contribution in [1.82, 2.24) is 10.3 Å². The van der Waals surface area contributed by atoms with E-state index in [0.717, 1.165) is 48.5 Å². The number of ketones is 1. The molecule has 3 rings (SSSR count). The van der Waals surface area contributed by atoms with Gasteiger partial charge < -0.3 is 10.2 Å². The number of Topliss-reactive ketones (excluding diaryl/α,β-unsaturated/α-hetero) is 1. The molecule has 0 unspecified atom stereocenters. The van der Waals surface area contributed by atoms with Gasteiger partial charge in [-0.15, -0.1) is 0 Å². The molecule has 1 aromatic heterocycles. The number of hydrogen-bond donors (Lipinski definition) is 1. The highest BCUT2D eigenvalue weighted by atomic mass is 16.1. The summed E-state index contributed by atoms with van der Waals surface area (Å²) in [7, 11) is 0. The number of hydrogen-bond acceptors (Lipinski definition) is 4. The van der Waals surface area contributed by atoms with E-state index in [9.17, 15) is 4.79 Å². The monoisotopic (exact) mass is 329 g/mol. The number of anilines is 1. The molecule has 0 radical (unpaired) electrons. The van der Waals surface area contributed by atoms with Gasteiger partial charge in [0.1, 0.15) is 5.82 Å². The standard InChI is InChI=1S/C20H31N3O/c1-15-12-19(16(2)24)20(22-13-15)23-10-8-17(9-11-23)14-21-18-6-4-3-5-7-18/h12-13,17-18,21H,3-11,14H2,1-2H3. The third-order valence-corrected chi connectivity index (χ3v) is 5.60. The van der Waals surface area contributed by atoms with Crippen molar-refractivity contribution in [2.75, 3.05) is 24.5 Å². The van der Waals surface area contributed by atoms with E-state index in [2.05, 4.69) is 15.2 Å². The number of nitrogens with one attached hydrogen (secondary N) is 1. The maximum absolute atomic E-state index is 11.9. The molecule has 0 amide bonds. The van der Waals surface area contributed by atoms with Crippen LogP contribution < -0.4 is 10.2 Å². The summed E-state index contributed by atoms with van der Waals surface area (Å²) in [5.74, 6) is 1.75. The van der Waals surface area contributed by atoms with Crippen molar-refractivity contribution < 1.29 is 4.79 Å². The van der Waals surface area contributed by atoms with E-state index < -0.39 is 0 Å². The average Bonchev–Trinajstić information content (AvgIpc) is 2.61. The molecule has 4 heteroatoms. The Labute approximate surface area is 146 Å². The number of nitrogens with zero attached hydrogens (tertiary/aromatic N) is 2. The van der Waals surface area contributed by atoms with Crippen molar-refractivity contribution in [2.24, 2.45) is 5.92 Å². The van der Waals surface area contributed by atoms with Gasteiger partial charge in [0.15, 0.2) is 5.78 Å². The summed E-state index contributed by atoms with van der Waals surface area (Å²) in [6.45, 7) is 6.80. The Balaban J connectivity index is 1.52. The molecule has 132 valence electrons. The molecule has 0 bridgehead atoms. The second-order valence-electron chi connectivity index (χ2n) is 7.61. The Kier molecular flexibility index (Phi) is 5.88. The van der Waals surface area contributed by atoms with Crippen molar-refractivity contribution in [2.45, 2.75) is 64.8 Å². The summed E-state index contributed by atoms with van der Waals surface area (Å²) in [5.41, 5.74) is 1.82. The number of aromatic nitrogens is 1. The van der Waals surface area contributed by atoms with Gasteiger partial charge in [-0.05, 0) is 63.6 Å². The number of rotatable bonds is 5. The van der Waals surface area contributed by atoms with E-state index in [0.29, 0.717) is 0 Å². The Bertz CT molecular complexity index is 558. The number of carbonyl (C=O) groups is 1. The molecule has 0 atom stereocenters. The maximum Gasteiger partial charge on any atom is 0.163 e. The third-order valence-electron chi connectivity index (χ3n) is 5.60. The van der Waals surface area contributed by atoms with Crippen LogP contribution in [0, 0.1) is 12.8 Å². The molecule has 1 aliphatic carbocycles. The Morgan fingerprint density at radius 1 is 1.21 bits per heavy atom. The zero-order chi connectivity index (χ0) is 16.9. The van der Waals surface area contributed by atoms with Crippen LogP contribution >= 0.6 is 0 Å². The van der Waals surface area contributed by atoms with Gasteiger partial charge in [0, 0.05) is 25.3 Å². The minimum atomic E-state index is 0.113. The second-order valence-corrected chi connectivity index (χ2v) is 7.61. The van der Waals surface area contributed by atoms with E-state index in [1.54, 1.807) is 6.92 Å². The van der Waals surface area contributed by atoms with Crippen LogP contribution in [0.4, 0.5) is 5.82 Å². The smallest absolute Gasteiger partial charge is 0.163 e. The first kappa shape index (κ1) is 17.4. The zero-order valence-corrected chi connectivity index (χ0v) is 15.2. The van der Waals surface area contributed by atoms with Gasteiger partial charge in [-0.1, -0.05) is 19.3 Å². The summed E-state index contributed by atoms with van der Waals surface area (Å²) in [6.07, 6.45) is 11.2. The van der Waals surface area contributed by atoms with Gasteiger partial charge in [0.05, 0.1) is 5.56 Å². The number of piperidine rings is 1. The fraction of sp³-hybridized carbons (Fsp3) is 0.700. The largest absolute Gasteiger partial charge is 0.356 e.